The summed E-state index contributed by atoms with van der Waals surface area (Å²) in [5.74, 6) is 0.191. The topological polar surface area (TPSA) is 77.5 Å². The number of hydrogen-bond acceptors (Lipinski definition) is 5. The summed E-state index contributed by atoms with van der Waals surface area (Å²) in [6.45, 7) is 1.71. The highest BCUT2D eigenvalue weighted by Crippen LogP contribution is 2.61. The number of hydrogen-bond donors (Lipinski definition) is 0. The molecule has 0 heterocycles. The van der Waals surface area contributed by atoms with Gasteiger partial charge < -0.3 is 4.74 Å². The van der Waals surface area contributed by atoms with E-state index in [2.05, 4.69) is 0 Å². The Hall–Kier alpha value is -1.76. The number of ether oxygens (including phenoxy) is 1. The molecule has 0 radical (unpaired) electrons. The van der Waals surface area contributed by atoms with Crippen molar-refractivity contribution in [2.45, 2.75) is 47.7 Å². The summed E-state index contributed by atoms with van der Waals surface area (Å²) in [5.41, 5.74) is -13.9. The molecule has 0 N–H and O–H groups in total. The first-order chi connectivity index (χ1) is 13.6. The van der Waals surface area contributed by atoms with E-state index in [0.717, 1.165) is 12.1 Å². The van der Waals surface area contributed by atoms with Crippen LogP contribution in [0, 0.1) is 0 Å². The molecule has 0 saturated carbocycles. The molecule has 1 aromatic rings. The van der Waals surface area contributed by atoms with Crippen molar-refractivity contribution < 1.29 is 47.9 Å². The van der Waals surface area contributed by atoms with Gasteiger partial charge in [-0.1, -0.05) is 31.1 Å². The molecule has 2 rings (SSSR count). The number of benzene rings is 1. The van der Waals surface area contributed by atoms with Gasteiger partial charge in [-0.2, -0.15) is 26.3 Å². The van der Waals surface area contributed by atoms with Crippen LogP contribution in [-0.4, -0.2) is 39.0 Å². The minimum absolute atomic E-state index is 0.0413. The maximum atomic E-state index is 13.4. The third-order valence-corrected chi connectivity index (χ3v) is 9.84. The van der Waals surface area contributed by atoms with Gasteiger partial charge in [-0.3, -0.25) is 0 Å². The Balaban J connectivity index is 2.93. The first-order valence-electron chi connectivity index (χ1n) is 8.57. The first kappa shape index (κ1) is 24.5. The molecule has 1 aliphatic carbocycles. The second-order valence-corrected chi connectivity index (χ2v) is 11.2. The molecule has 13 heteroatoms. The van der Waals surface area contributed by atoms with Crippen molar-refractivity contribution in [3.8, 4) is 5.75 Å². The molecule has 1 aliphatic rings. The summed E-state index contributed by atoms with van der Waals surface area (Å²) >= 11 is 0. The standard InChI is InChI=1S/C17H18F6O5S2/c1-3-4-5-12-10-15(29(24,25)16(18,19)20,30(26,27)17(21,22)23)14(12)11-6-8-13(28-2)9-7-11/h6-9H,3-5,10H2,1-2H3. The SMILES string of the molecule is CCCCC1=C(c2ccc(OC)cc2)C(S(=O)(=O)C(F)(F)F)(S(=O)(=O)C(F)(F)F)C1. The van der Waals surface area contributed by atoms with Crippen molar-refractivity contribution in [1.29, 1.82) is 0 Å². The van der Waals surface area contributed by atoms with Crippen LogP contribution in [0.5, 0.6) is 5.75 Å². The molecule has 0 aromatic heterocycles. The Labute approximate surface area is 169 Å². The maximum absolute atomic E-state index is 13.4. The van der Waals surface area contributed by atoms with Crippen LogP contribution in [0.15, 0.2) is 29.8 Å². The average molecular weight is 480 g/mol. The predicted octanol–water partition coefficient (Wildman–Crippen LogP) is 4.61. The van der Waals surface area contributed by atoms with Gasteiger partial charge in [0, 0.05) is 6.42 Å². The quantitative estimate of drug-likeness (QED) is 0.533. The van der Waals surface area contributed by atoms with Gasteiger partial charge in [-0.05, 0) is 36.1 Å². The van der Waals surface area contributed by atoms with Crippen LogP contribution in [0.1, 0.15) is 38.2 Å². The van der Waals surface area contributed by atoms with Crippen molar-refractivity contribution in [2.75, 3.05) is 7.11 Å². The van der Waals surface area contributed by atoms with Gasteiger partial charge in [-0.25, -0.2) is 16.8 Å². The van der Waals surface area contributed by atoms with Crippen molar-refractivity contribution in [1.82, 2.24) is 0 Å². The average Bonchev–Trinajstić information content (AvgIpc) is 2.59. The third-order valence-electron chi connectivity index (χ3n) is 4.87. The fourth-order valence-electron chi connectivity index (χ4n) is 3.38. The van der Waals surface area contributed by atoms with Gasteiger partial charge in [-0.15, -0.1) is 0 Å². The molecule has 30 heavy (non-hydrogen) atoms. The highest BCUT2D eigenvalue weighted by molar-refractivity contribution is 8.12. The first-order valence-corrected chi connectivity index (χ1v) is 11.5. The van der Waals surface area contributed by atoms with E-state index in [4.69, 9.17) is 4.74 Å². The van der Waals surface area contributed by atoms with E-state index in [1.54, 1.807) is 6.92 Å². The van der Waals surface area contributed by atoms with Crippen molar-refractivity contribution in [3.63, 3.8) is 0 Å². The predicted molar refractivity (Wildman–Crippen MR) is 96.7 cm³/mol. The van der Waals surface area contributed by atoms with Gasteiger partial charge in [0.05, 0.1) is 7.11 Å². The third kappa shape index (κ3) is 3.49. The molecule has 0 bridgehead atoms. The molecule has 0 unspecified atom stereocenters. The molecular formula is C17H18F6O5S2. The van der Waals surface area contributed by atoms with Crippen molar-refractivity contribution in [3.05, 3.63) is 35.4 Å². The number of halogens is 6. The number of alkyl halides is 6. The highest BCUT2D eigenvalue weighted by Gasteiger charge is 2.77. The molecular weight excluding hydrogens is 462 g/mol. The second-order valence-electron chi connectivity index (χ2n) is 6.64. The van der Waals surface area contributed by atoms with E-state index in [1.807, 2.05) is 0 Å². The van der Waals surface area contributed by atoms with Crippen LogP contribution in [-0.2, 0) is 19.7 Å². The lowest BCUT2D eigenvalue weighted by Crippen LogP contribution is -2.60. The Kier molecular flexibility index (Phi) is 6.32. The number of rotatable bonds is 7. The maximum Gasteiger partial charge on any atom is 0.499 e. The van der Waals surface area contributed by atoms with Crippen LogP contribution in [0.3, 0.4) is 0 Å². The Morgan fingerprint density at radius 3 is 1.77 bits per heavy atom. The molecule has 0 amide bonds. The summed E-state index contributed by atoms with van der Waals surface area (Å²) < 4.78 is 130. The molecule has 1 aromatic carbocycles. The van der Waals surface area contributed by atoms with Gasteiger partial charge in [0.2, 0.25) is 4.08 Å². The second kappa shape index (κ2) is 7.74. The summed E-state index contributed by atoms with van der Waals surface area (Å²) in [7, 11) is -12.4. The summed E-state index contributed by atoms with van der Waals surface area (Å²) in [6.07, 6.45) is -0.619. The summed E-state index contributed by atoms with van der Waals surface area (Å²) in [6, 6.07) is 4.43. The number of unbranched alkanes of at least 4 members (excludes halogenated alkanes) is 1. The number of sulfone groups is 2. The van der Waals surface area contributed by atoms with Crippen molar-refractivity contribution in [2.24, 2.45) is 0 Å². The van der Waals surface area contributed by atoms with E-state index in [1.165, 1.54) is 19.2 Å². The zero-order chi connectivity index (χ0) is 23.2. The van der Waals surface area contributed by atoms with E-state index < -0.39 is 46.8 Å². The normalized spacial score (nSPS) is 17.6. The van der Waals surface area contributed by atoms with E-state index in [9.17, 15) is 43.2 Å². The molecule has 0 atom stereocenters. The van der Waals surface area contributed by atoms with E-state index in [0.29, 0.717) is 12.8 Å². The van der Waals surface area contributed by atoms with Crippen molar-refractivity contribution >= 4 is 25.2 Å². The Morgan fingerprint density at radius 2 is 1.40 bits per heavy atom. The number of methoxy groups -OCH3 is 1. The van der Waals surface area contributed by atoms with Gasteiger partial charge >= 0.3 is 11.0 Å². The van der Waals surface area contributed by atoms with Crippen LogP contribution < -0.4 is 4.74 Å². The molecule has 0 aliphatic heterocycles. The van der Waals surface area contributed by atoms with Gasteiger partial charge in [0.1, 0.15) is 5.75 Å². The van der Waals surface area contributed by atoms with Gasteiger partial charge in [0.25, 0.3) is 19.7 Å². The fraction of sp³-hybridized carbons (Fsp3) is 0.529. The Bertz CT molecular complexity index is 992. The summed E-state index contributed by atoms with van der Waals surface area (Å²) in [5, 5.41) is 0. The van der Waals surface area contributed by atoms with E-state index in [-0.39, 0.29) is 23.3 Å². The summed E-state index contributed by atoms with van der Waals surface area (Å²) in [4.78, 5) is 0. The lowest BCUT2D eigenvalue weighted by atomic mass is 9.80. The minimum atomic E-state index is -6.81. The monoisotopic (exact) mass is 480 g/mol. The molecule has 5 nitrogen and oxygen atoms in total. The number of allylic oxidation sites excluding steroid dienone is 1. The molecule has 170 valence electrons. The zero-order valence-corrected chi connectivity index (χ0v) is 17.4. The smallest absolute Gasteiger partial charge is 0.497 e. The minimum Gasteiger partial charge on any atom is -0.497 e. The van der Waals surface area contributed by atoms with Crippen LogP contribution in [0.25, 0.3) is 5.57 Å². The fourth-order valence-corrected chi connectivity index (χ4v) is 7.64. The lowest BCUT2D eigenvalue weighted by molar-refractivity contribution is -0.0485. The van der Waals surface area contributed by atoms with E-state index >= 15 is 0 Å². The molecule has 0 saturated heterocycles. The van der Waals surface area contributed by atoms with Gasteiger partial charge in [0.15, 0.2) is 0 Å². The molecule has 0 fully saturated rings. The zero-order valence-electron chi connectivity index (χ0n) is 15.8. The Morgan fingerprint density at radius 1 is 0.933 bits per heavy atom. The highest BCUT2D eigenvalue weighted by atomic mass is 32.3. The van der Waals surface area contributed by atoms with Crippen LogP contribution in [0.4, 0.5) is 26.3 Å². The largest absolute Gasteiger partial charge is 0.499 e. The lowest BCUT2D eigenvalue weighted by Gasteiger charge is -2.44. The molecule has 0 spiro atoms. The van der Waals surface area contributed by atoms with Crippen LogP contribution in [0.2, 0.25) is 0 Å². The van der Waals surface area contributed by atoms with Crippen LogP contribution >= 0.6 is 0 Å².